The third kappa shape index (κ3) is 2.92. The SMILES string of the molecule is Cc1cccc(-c2ncc(C(=O)NC3CCNC3=O)s2)n1. The number of hydrogen-bond acceptors (Lipinski definition) is 5. The number of aromatic nitrogens is 2. The van der Waals surface area contributed by atoms with E-state index in [9.17, 15) is 9.59 Å². The quantitative estimate of drug-likeness (QED) is 0.890. The first-order valence-corrected chi connectivity index (χ1v) is 7.43. The lowest BCUT2D eigenvalue weighted by Crippen LogP contribution is -2.39. The van der Waals surface area contributed by atoms with Gasteiger partial charge in [0.05, 0.1) is 11.9 Å². The normalized spacial score (nSPS) is 17.6. The summed E-state index contributed by atoms with van der Waals surface area (Å²) in [5, 5.41) is 6.10. The summed E-state index contributed by atoms with van der Waals surface area (Å²) < 4.78 is 0. The van der Waals surface area contributed by atoms with E-state index in [-0.39, 0.29) is 11.8 Å². The summed E-state index contributed by atoms with van der Waals surface area (Å²) in [4.78, 5) is 32.7. The number of nitrogens with one attached hydrogen (secondary N) is 2. The van der Waals surface area contributed by atoms with E-state index >= 15 is 0 Å². The summed E-state index contributed by atoms with van der Waals surface area (Å²) in [6.45, 7) is 2.51. The van der Waals surface area contributed by atoms with Crippen LogP contribution in [0.1, 0.15) is 21.8 Å². The van der Waals surface area contributed by atoms with Gasteiger partial charge in [-0.1, -0.05) is 6.07 Å². The number of carbonyl (C=O) groups excluding carboxylic acids is 2. The molecule has 0 aliphatic carbocycles. The standard InChI is InChI=1S/C14H14N4O2S/c1-8-3-2-4-10(17-8)14-16-7-11(21-14)13(20)18-9-5-6-15-12(9)19/h2-4,7,9H,5-6H2,1H3,(H,15,19)(H,18,20). The fraction of sp³-hybridized carbons (Fsp3) is 0.286. The highest BCUT2D eigenvalue weighted by Gasteiger charge is 2.26. The van der Waals surface area contributed by atoms with Crippen molar-refractivity contribution in [3.63, 3.8) is 0 Å². The number of thiazole rings is 1. The second kappa shape index (κ2) is 5.61. The first-order valence-electron chi connectivity index (χ1n) is 6.62. The average Bonchev–Trinajstić information content (AvgIpc) is 3.09. The van der Waals surface area contributed by atoms with Crippen LogP contribution in [0.2, 0.25) is 0 Å². The minimum Gasteiger partial charge on any atom is -0.354 e. The highest BCUT2D eigenvalue weighted by atomic mass is 32.1. The van der Waals surface area contributed by atoms with Gasteiger partial charge < -0.3 is 10.6 Å². The Bertz CT molecular complexity index is 698. The summed E-state index contributed by atoms with van der Waals surface area (Å²) in [5.41, 5.74) is 1.65. The molecule has 1 saturated heterocycles. The molecule has 2 aromatic rings. The van der Waals surface area contributed by atoms with Crippen LogP contribution < -0.4 is 10.6 Å². The first-order chi connectivity index (χ1) is 10.1. The first kappa shape index (κ1) is 13.7. The van der Waals surface area contributed by atoms with E-state index in [1.807, 2.05) is 25.1 Å². The van der Waals surface area contributed by atoms with Crippen molar-refractivity contribution in [3.05, 3.63) is 35.0 Å². The molecule has 3 heterocycles. The number of carbonyl (C=O) groups is 2. The van der Waals surface area contributed by atoms with E-state index in [0.29, 0.717) is 22.9 Å². The topological polar surface area (TPSA) is 84.0 Å². The van der Waals surface area contributed by atoms with Crippen molar-refractivity contribution in [3.8, 4) is 10.7 Å². The number of nitrogens with zero attached hydrogens (tertiary/aromatic N) is 2. The van der Waals surface area contributed by atoms with Crippen LogP contribution in [-0.2, 0) is 4.79 Å². The van der Waals surface area contributed by atoms with Crippen LogP contribution in [0.5, 0.6) is 0 Å². The molecule has 2 N–H and O–H groups in total. The average molecular weight is 302 g/mol. The predicted octanol–water partition coefficient (Wildman–Crippen LogP) is 1.13. The molecule has 6 nitrogen and oxygen atoms in total. The van der Waals surface area contributed by atoms with Crippen LogP contribution in [0.15, 0.2) is 24.4 Å². The van der Waals surface area contributed by atoms with E-state index in [2.05, 4.69) is 20.6 Å². The summed E-state index contributed by atoms with van der Waals surface area (Å²) >= 11 is 1.27. The van der Waals surface area contributed by atoms with Crippen LogP contribution in [0.3, 0.4) is 0 Å². The van der Waals surface area contributed by atoms with Gasteiger partial charge in [-0.2, -0.15) is 0 Å². The number of aryl methyl sites for hydroxylation is 1. The van der Waals surface area contributed by atoms with Crippen LogP contribution >= 0.6 is 11.3 Å². The van der Waals surface area contributed by atoms with Crippen molar-refractivity contribution in [2.75, 3.05) is 6.54 Å². The molecule has 3 rings (SSSR count). The number of hydrogen-bond donors (Lipinski definition) is 2. The molecule has 0 spiro atoms. The molecule has 0 saturated carbocycles. The number of pyridine rings is 1. The maximum atomic E-state index is 12.1. The molecule has 0 bridgehead atoms. The lowest BCUT2D eigenvalue weighted by atomic mass is 10.2. The third-order valence-electron chi connectivity index (χ3n) is 3.19. The molecule has 1 aliphatic rings. The Morgan fingerprint density at radius 2 is 2.33 bits per heavy atom. The summed E-state index contributed by atoms with van der Waals surface area (Å²) in [6.07, 6.45) is 2.14. The Kier molecular flexibility index (Phi) is 3.66. The van der Waals surface area contributed by atoms with Crippen molar-refractivity contribution >= 4 is 23.2 Å². The maximum Gasteiger partial charge on any atom is 0.263 e. The number of rotatable bonds is 3. The van der Waals surface area contributed by atoms with Crippen LogP contribution in [0, 0.1) is 6.92 Å². The Balaban J connectivity index is 1.75. The highest BCUT2D eigenvalue weighted by Crippen LogP contribution is 2.23. The molecule has 2 aromatic heterocycles. The molecule has 1 aliphatic heterocycles. The second-order valence-corrected chi connectivity index (χ2v) is 5.83. The van der Waals surface area contributed by atoms with Crippen molar-refractivity contribution < 1.29 is 9.59 Å². The van der Waals surface area contributed by atoms with Gasteiger partial charge in [-0.05, 0) is 25.5 Å². The highest BCUT2D eigenvalue weighted by molar-refractivity contribution is 7.16. The minimum atomic E-state index is -0.444. The van der Waals surface area contributed by atoms with Crippen LogP contribution in [0.4, 0.5) is 0 Å². The van der Waals surface area contributed by atoms with E-state index in [1.165, 1.54) is 17.5 Å². The zero-order chi connectivity index (χ0) is 14.8. The maximum absolute atomic E-state index is 12.1. The van der Waals surface area contributed by atoms with Gasteiger partial charge in [0.2, 0.25) is 5.91 Å². The van der Waals surface area contributed by atoms with Crippen LogP contribution in [-0.4, -0.2) is 34.4 Å². The Labute approximate surface area is 125 Å². The van der Waals surface area contributed by atoms with E-state index in [0.717, 1.165) is 11.4 Å². The van der Waals surface area contributed by atoms with Gasteiger partial charge in [-0.3, -0.25) is 14.6 Å². The summed E-state index contributed by atoms with van der Waals surface area (Å²) in [7, 11) is 0. The van der Waals surface area contributed by atoms with E-state index in [1.54, 1.807) is 0 Å². The second-order valence-electron chi connectivity index (χ2n) is 4.80. The van der Waals surface area contributed by atoms with Gasteiger partial charge in [0.1, 0.15) is 15.9 Å². The van der Waals surface area contributed by atoms with Crippen molar-refractivity contribution in [2.45, 2.75) is 19.4 Å². The summed E-state index contributed by atoms with van der Waals surface area (Å²) in [6, 6.07) is 5.23. The Hall–Kier alpha value is -2.28. The molecule has 1 atom stereocenters. The Morgan fingerprint density at radius 3 is 3.05 bits per heavy atom. The third-order valence-corrected chi connectivity index (χ3v) is 4.21. The van der Waals surface area contributed by atoms with E-state index < -0.39 is 6.04 Å². The lowest BCUT2D eigenvalue weighted by molar-refractivity contribution is -0.120. The molecular weight excluding hydrogens is 288 g/mol. The fourth-order valence-corrected chi connectivity index (χ4v) is 2.91. The zero-order valence-corrected chi connectivity index (χ0v) is 12.2. The van der Waals surface area contributed by atoms with Gasteiger partial charge in [0, 0.05) is 12.2 Å². The van der Waals surface area contributed by atoms with Gasteiger partial charge in [-0.25, -0.2) is 4.98 Å². The van der Waals surface area contributed by atoms with E-state index in [4.69, 9.17) is 0 Å². The molecule has 7 heteroatoms. The lowest BCUT2D eigenvalue weighted by Gasteiger charge is -2.07. The molecule has 1 unspecified atom stereocenters. The van der Waals surface area contributed by atoms with Gasteiger partial charge >= 0.3 is 0 Å². The molecule has 1 fully saturated rings. The van der Waals surface area contributed by atoms with Gasteiger partial charge in [0.15, 0.2) is 0 Å². The fourth-order valence-electron chi connectivity index (χ4n) is 2.12. The Morgan fingerprint density at radius 1 is 1.48 bits per heavy atom. The smallest absolute Gasteiger partial charge is 0.263 e. The molecule has 0 radical (unpaired) electrons. The van der Waals surface area contributed by atoms with Crippen molar-refractivity contribution in [1.29, 1.82) is 0 Å². The molecule has 0 aromatic carbocycles. The number of amides is 2. The van der Waals surface area contributed by atoms with Gasteiger partial charge in [0.25, 0.3) is 5.91 Å². The largest absolute Gasteiger partial charge is 0.354 e. The molecular formula is C14H14N4O2S. The molecule has 2 amide bonds. The predicted molar refractivity (Wildman–Crippen MR) is 79.0 cm³/mol. The monoisotopic (exact) mass is 302 g/mol. The molecule has 21 heavy (non-hydrogen) atoms. The summed E-state index contributed by atoms with van der Waals surface area (Å²) in [5.74, 6) is -0.401. The zero-order valence-electron chi connectivity index (χ0n) is 11.4. The van der Waals surface area contributed by atoms with Crippen LogP contribution in [0.25, 0.3) is 10.7 Å². The van der Waals surface area contributed by atoms with Crippen molar-refractivity contribution in [2.24, 2.45) is 0 Å². The minimum absolute atomic E-state index is 0.131. The van der Waals surface area contributed by atoms with Crippen molar-refractivity contribution in [1.82, 2.24) is 20.6 Å². The molecule has 108 valence electrons. The van der Waals surface area contributed by atoms with Gasteiger partial charge in [-0.15, -0.1) is 11.3 Å².